The Morgan fingerprint density at radius 1 is 1.10 bits per heavy atom. The van der Waals surface area contributed by atoms with E-state index in [1.807, 2.05) is 13.8 Å². The van der Waals surface area contributed by atoms with E-state index in [-0.39, 0.29) is 11.7 Å². The van der Waals surface area contributed by atoms with Crippen LogP contribution >= 0.6 is 0 Å². The first-order valence-electron chi connectivity index (χ1n) is 10.0. The third-order valence-corrected chi connectivity index (χ3v) is 4.77. The lowest BCUT2D eigenvalue weighted by molar-refractivity contribution is -0.145. The van der Waals surface area contributed by atoms with Crippen molar-refractivity contribution in [2.75, 3.05) is 44.3 Å². The number of amides is 1. The minimum absolute atomic E-state index is 0.137. The monoisotopic (exact) mass is 405 g/mol. The van der Waals surface area contributed by atoms with Gasteiger partial charge in [-0.15, -0.1) is 5.10 Å². The summed E-state index contributed by atoms with van der Waals surface area (Å²) in [4.78, 5) is 16.8. The van der Waals surface area contributed by atoms with Crippen molar-refractivity contribution in [2.45, 2.75) is 33.1 Å². The molecule has 0 N–H and O–H groups in total. The zero-order chi connectivity index (χ0) is 20.6. The largest absolute Gasteiger partial charge is 0.370 e. The fourth-order valence-electron chi connectivity index (χ4n) is 3.36. The van der Waals surface area contributed by atoms with Gasteiger partial charge in [0.2, 0.25) is 0 Å². The maximum absolute atomic E-state index is 13.2. The topological polar surface area (TPSA) is 72.7 Å². The van der Waals surface area contributed by atoms with Gasteiger partial charge >= 0.3 is 0 Å². The zero-order valence-electron chi connectivity index (χ0n) is 17.0. The molecule has 0 aliphatic carbocycles. The molecule has 1 aliphatic heterocycles. The summed E-state index contributed by atoms with van der Waals surface area (Å²) in [6, 6.07) is 6.45. The Morgan fingerprint density at radius 3 is 2.52 bits per heavy atom. The van der Waals surface area contributed by atoms with Crippen LogP contribution in [0.25, 0.3) is 0 Å². The fourth-order valence-corrected chi connectivity index (χ4v) is 3.36. The van der Waals surface area contributed by atoms with E-state index in [0.717, 1.165) is 18.7 Å². The van der Waals surface area contributed by atoms with Crippen molar-refractivity contribution in [1.82, 2.24) is 19.9 Å². The molecule has 0 radical (unpaired) electrons. The van der Waals surface area contributed by atoms with E-state index in [0.29, 0.717) is 45.1 Å². The van der Waals surface area contributed by atoms with Crippen LogP contribution in [0.4, 0.5) is 10.1 Å². The first kappa shape index (κ1) is 21.2. The number of carbonyl (C=O) groups excluding carboxylic acids is 1. The molecular weight excluding hydrogens is 377 g/mol. The highest BCUT2D eigenvalue weighted by Crippen LogP contribution is 2.17. The molecule has 2 heterocycles. The summed E-state index contributed by atoms with van der Waals surface area (Å²) in [5.74, 6) is -0.388. The van der Waals surface area contributed by atoms with Gasteiger partial charge in [0.25, 0.3) is 5.91 Å². The molecule has 0 atom stereocenters. The van der Waals surface area contributed by atoms with Gasteiger partial charge in [0.05, 0.1) is 12.7 Å². The summed E-state index contributed by atoms with van der Waals surface area (Å²) in [6.07, 6.45) is 2.04. The second kappa shape index (κ2) is 10.3. The van der Waals surface area contributed by atoms with Crippen molar-refractivity contribution in [3.8, 4) is 0 Å². The third-order valence-electron chi connectivity index (χ3n) is 4.77. The molecule has 1 saturated heterocycles. The lowest BCUT2D eigenvalue weighted by Crippen LogP contribution is -2.35. The van der Waals surface area contributed by atoms with E-state index in [1.54, 1.807) is 27.9 Å². The van der Waals surface area contributed by atoms with E-state index in [1.165, 1.54) is 12.1 Å². The number of aromatic nitrogens is 3. The highest BCUT2D eigenvalue weighted by Gasteiger charge is 2.23. The summed E-state index contributed by atoms with van der Waals surface area (Å²) < 4.78 is 25.8. The van der Waals surface area contributed by atoms with Gasteiger partial charge in [0, 0.05) is 45.1 Å². The van der Waals surface area contributed by atoms with Crippen LogP contribution in [0.2, 0.25) is 0 Å². The molecule has 1 amide bonds. The quantitative estimate of drug-likeness (QED) is 0.627. The van der Waals surface area contributed by atoms with Crippen LogP contribution in [0.1, 0.15) is 30.8 Å². The second-order valence-electron chi connectivity index (χ2n) is 6.78. The fraction of sp³-hybridized carbons (Fsp3) is 0.550. The number of anilines is 1. The first-order chi connectivity index (χ1) is 14.1. The number of hydrogen-bond donors (Lipinski definition) is 0. The second-order valence-corrected chi connectivity index (χ2v) is 6.78. The Labute approximate surface area is 170 Å². The van der Waals surface area contributed by atoms with Crippen molar-refractivity contribution in [3.63, 3.8) is 0 Å². The maximum Gasteiger partial charge on any atom is 0.276 e. The van der Waals surface area contributed by atoms with Crippen molar-refractivity contribution in [2.24, 2.45) is 0 Å². The molecule has 0 saturated carbocycles. The van der Waals surface area contributed by atoms with Gasteiger partial charge < -0.3 is 19.3 Å². The minimum Gasteiger partial charge on any atom is -0.370 e. The van der Waals surface area contributed by atoms with Gasteiger partial charge in [0.1, 0.15) is 5.82 Å². The normalized spacial score (nSPS) is 15.0. The van der Waals surface area contributed by atoms with Crippen molar-refractivity contribution >= 4 is 11.6 Å². The highest BCUT2D eigenvalue weighted by atomic mass is 19.1. The average Bonchev–Trinajstić information content (AvgIpc) is 3.04. The third kappa shape index (κ3) is 5.74. The number of rotatable bonds is 8. The average molecular weight is 405 g/mol. The number of hydrogen-bond acceptors (Lipinski definition) is 6. The summed E-state index contributed by atoms with van der Waals surface area (Å²) in [5.41, 5.74) is 1.27. The maximum atomic E-state index is 13.2. The predicted molar refractivity (Wildman–Crippen MR) is 106 cm³/mol. The Bertz CT molecular complexity index is 777. The number of nitrogens with zero attached hydrogens (tertiary/aromatic N) is 5. The van der Waals surface area contributed by atoms with Gasteiger partial charge in [-0.25, -0.2) is 9.07 Å². The minimum atomic E-state index is -0.419. The SMILES string of the molecule is CCOC(Cn1cc(C(=O)N2CCCN(c3ccc(F)cc3)CC2)nn1)OCC. The molecular formula is C20H28FN5O3. The molecule has 1 aliphatic rings. The number of carbonyl (C=O) groups is 1. The van der Waals surface area contributed by atoms with Crippen LogP contribution in [-0.4, -0.2) is 71.5 Å². The molecule has 2 aromatic rings. The van der Waals surface area contributed by atoms with Crippen LogP contribution in [0.15, 0.2) is 30.5 Å². The first-order valence-corrected chi connectivity index (χ1v) is 10.0. The van der Waals surface area contributed by atoms with Gasteiger partial charge in [-0.1, -0.05) is 5.21 Å². The molecule has 1 fully saturated rings. The summed E-state index contributed by atoms with van der Waals surface area (Å²) >= 11 is 0. The van der Waals surface area contributed by atoms with Crippen LogP contribution in [0.3, 0.4) is 0 Å². The lowest BCUT2D eigenvalue weighted by Gasteiger charge is -2.23. The van der Waals surface area contributed by atoms with Gasteiger partial charge in [0.15, 0.2) is 12.0 Å². The van der Waals surface area contributed by atoms with E-state index in [4.69, 9.17) is 9.47 Å². The molecule has 1 aromatic carbocycles. The molecule has 158 valence electrons. The van der Waals surface area contributed by atoms with Crippen molar-refractivity contribution in [1.29, 1.82) is 0 Å². The number of benzene rings is 1. The van der Waals surface area contributed by atoms with E-state index >= 15 is 0 Å². The van der Waals surface area contributed by atoms with E-state index in [9.17, 15) is 9.18 Å². The number of ether oxygens (including phenoxy) is 2. The molecule has 0 unspecified atom stereocenters. The van der Waals surface area contributed by atoms with Crippen LogP contribution in [-0.2, 0) is 16.0 Å². The van der Waals surface area contributed by atoms with Crippen LogP contribution in [0.5, 0.6) is 0 Å². The molecule has 0 bridgehead atoms. The van der Waals surface area contributed by atoms with E-state index < -0.39 is 6.29 Å². The molecule has 1 aromatic heterocycles. The Balaban J connectivity index is 1.59. The standard InChI is InChI=1S/C20H28FN5O3/c1-3-28-19(29-4-2)15-26-14-18(22-23-26)20(27)25-11-5-10-24(12-13-25)17-8-6-16(21)7-9-17/h6-9,14,19H,3-5,10-13,15H2,1-2H3. The summed E-state index contributed by atoms with van der Waals surface area (Å²) in [5, 5.41) is 8.08. The highest BCUT2D eigenvalue weighted by molar-refractivity contribution is 5.92. The molecule has 9 heteroatoms. The van der Waals surface area contributed by atoms with Gasteiger partial charge in [-0.05, 0) is 44.5 Å². The number of halogens is 1. The predicted octanol–water partition coefficient (Wildman–Crippen LogP) is 2.17. The lowest BCUT2D eigenvalue weighted by atomic mass is 10.2. The Hall–Kier alpha value is -2.52. The molecule has 8 nitrogen and oxygen atoms in total. The summed E-state index contributed by atoms with van der Waals surface area (Å²) in [7, 11) is 0. The Morgan fingerprint density at radius 2 is 1.83 bits per heavy atom. The Kier molecular flexibility index (Phi) is 7.54. The van der Waals surface area contributed by atoms with Crippen molar-refractivity contribution in [3.05, 3.63) is 42.0 Å². The molecule has 29 heavy (non-hydrogen) atoms. The molecule has 0 spiro atoms. The molecule has 3 rings (SSSR count). The van der Waals surface area contributed by atoms with Crippen molar-refractivity contribution < 1.29 is 18.7 Å². The van der Waals surface area contributed by atoms with Gasteiger partial charge in [-0.3, -0.25) is 4.79 Å². The smallest absolute Gasteiger partial charge is 0.276 e. The van der Waals surface area contributed by atoms with Gasteiger partial charge in [-0.2, -0.15) is 0 Å². The zero-order valence-corrected chi connectivity index (χ0v) is 17.0. The summed E-state index contributed by atoms with van der Waals surface area (Å²) in [6.45, 7) is 7.95. The van der Waals surface area contributed by atoms with Crippen LogP contribution < -0.4 is 4.90 Å². The van der Waals surface area contributed by atoms with Crippen LogP contribution in [0, 0.1) is 5.82 Å². The van der Waals surface area contributed by atoms with E-state index in [2.05, 4.69) is 15.2 Å².